The molecule has 3 fully saturated rings. The number of aryl methyl sites for hydroxylation is 3. The number of nitrogens with zero attached hydrogens (tertiary/aromatic N) is 21. The van der Waals surface area contributed by atoms with E-state index in [1.165, 1.54) is 41.9 Å². The smallest absolute Gasteiger partial charge is 0.256 e. The van der Waals surface area contributed by atoms with Gasteiger partial charge in [-0.25, -0.2) is 29.3 Å². The summed E-state index contributed by atoms with van der Waals surface area (Å²) >= 11 is 4.63. The fraction of sp³-hybridized carbons (Fsp3) is 0.266. The molecule has 28 nitrogen and oxygen atoms in total. The number of aromatic nitrogens is 12. The summed E-state index contributed by atoms with van der Waals surface area (Å²) in [6.07, 6.45) is 13.3. The van der Waals surface area contributed by atoms with E-state index in [1.807, 2.05) is 124 Å². The van der Waals surface area contributed by atoms with Crippen LogP contribution in [0.15, 0.2) is 216 Å². The molecule has 0 aliphatic carbocycles. The topological polar surface area (TPSA) is 282 Å². The lowest BCUT2D eigenvalue weighted by Gasteiger charge is -2.22. The van der Waals surface area contributed by atoms with Crippen molar-refractivity contribution in [1.29, 1.82) is 0 Å². The van der Waals surface area contributed by atoms with Gasteiger partial charge in [-0.3, -0.25) is 57.5 Å². The Balaban J connectivity index is 0.000000128. The predicted octanol–water partition coefficient (Wildman–Crippen LogP) is 13.7. The van der Waals surface area contributed by atoms with Crippen molar-refractivity contribution in [3.8, 4) is 0 Å². The van der Waals surface area contributed by atoms with Gasteiger partial charge < -0.3 is 50.2 Å². The van der Waals surface area contributed by atoms with Crippen molar-refractivity contribution in [2.75, 3.05) is 121 Å². The number of amides is 3. The van der Waals surface area contributed by atoms with Crippen LogP contribution in [-0.4, -0.2) is 197 Å². The van der Waals surface area contributed by atoms with Gasteiger partial charge in [-0.1, -0.05) is 65.8 Å². The maximum Gasteiger partial charge on any atom is 0.256 e. The lowest BCUT2D eigenvalue weighted by molar-refractivity contribution is 0.0941. The molecule has 3 saturated heterocycles. The summed E-state index contributed by atoms with van der Waals surface area (Å²) in [7, 11) is 7.97. The molecule has 0 bridgehead atoms. The summed E-state index contributed by atoms with van der Waals surface area (Å²) in [6.45, 7) is 17.9. The van der Waals surface area contributed by atoms with Crippen molar-refractivity contribution in [1.82, 2.24) is 88.7 Å². The van der Waals surface area contributed by atoms with E-state index in [0.717, 1.165) is 200 Å². The predicted molar refractivity (Wildman–Crippen MR) is 497 cm³/mol. The molecule has 3 N–H and O–H groups in total. The van der Waals surface area contributed by atoms with E-state index in [1.54, 1.807) is 60.7 Å². The van der Waals surface area contributed by atoms with Gasteiger partial charge >= 0.3 is 0 Å². The lowest BCUT2D eigenvalue weighted by atomic mass is 10.1. The molecule has 15 heterocycles. The molecule has 0 saturated carbocycles. The Morgan fingerprint density at radius 3 is 1.10 bits per heavy atom. The average Bonchev–Trinajstić information content (AvgIpc) is 1.54. The highest BCUT2D eigenvalue weighted by Crippen LogP contribution is 2.37. The summed E-state index contributed by atoms with van der Waals surface area (Å²) in [5.74, 6) is 1.54. The van der Waals surface area contributed by atoms with E-state index in [2.05, 4.69) is 151 Å². The number of para-hydroxylation sites is 4. The van der Waals surface area contributed by atoms with Gasteiger partial charge in [0.25, 0.3) is 17.7 Å². The van der Waals surface area contributed by atoms with Gasteiger partial charge in [-0.2, -0.15) is 0 Å². The first kappa shape index (κ1) is 83.4. The first-order valence-corrected chi connectivity index (χ1v) is 44.5. The molecule has 0 spiro atoms. The quantitative estimate of drug-likeness (QED) is 0.0804. The maximum atomic E-state index is 14.3. The zero-order chi connectivity index (χ0) is 86.5. The van der Waals surface area contributed by atoms with Crippen molar-refractivity contribution in [3.05, 3.63) is 274 Å². The Morgan fingerprint density at radius 2 is 0.738 bits per heavy atom. The van der Waals surface area contributed by atoms with Crippen LogP contribution in [0.1, 0.15) is 84.5 Å². The number of thiazole rings is 3. The summed E-state index contributed by atoms with van der Waals surface area (Å²) in [6, 6.07) is 52.5. The Labute approximate surface area is 736 Å². The number of hydrogen-bond acceptors (Lipinski definition) is 25. The second-order valence-electron chi connectivity index (χ2n) is 31.7. The third kappa shape index (κ3) is 17.7. The van der Waals surface area contributed by atoms with Gasteiger partial charge in [0, 0.05) is 93.7 Å². The summed E-state index contributed by atoms with van der Waals surface area (Å²) in [4.78, 5) is 115. The molecular formula is C94H93FN24O4S3. The first-order chi connectivity index (χ1) is 61.5. The molecule has 17 aromatic rings. The van der Waals surface area contributed by atoms with Gasteiger partial charge in [-0.15, -0.1) is 34.0 Å². The van der Waals surface area contributed by atoms with Crippen LogP contribution in [0.4, 0.5) is 33.2 Å². The largest absolute Gasteiger partial charge is 0.399 e. The third-order valence-electron chi connectivity index (χ3n) is 22.7. The third-order valence-corrected chi connectivity index (χ3v) is 26.2. The van der Waals surface area contributed by atoms with Crippen molar-refractivity contribution in [2.45, 2.75) is 59.7 Å². The van der Waals surface area contributed by atoms with Crippen molar-refractivity contribution < 1.29 is 23.6 Å². The molecule has 0 radical (unpaired) electrons. The Kier molecular flexibility index (Phi) is 24.6. The molecule has 32 heteroatoms. The SMILES string of the molecule is CO/N=c1/c(C(=O)NCc2cnc(C)cn2)c2sc3ccccc3n2c2nc(N3CCCN(C)CC3)ccc12.Cc1cnc(CNC(=O)c2c(=Nc3cccc(F)c3)c3ccc(N4CCCN(C)CC4)nc3n3c2sc2ccccc23)cn1.Cc1cnc(CNC(=O)c2c(=Nc3ccccc3)c3ccc(N4CCCN(C)CC4)nc3n3c2sc2ccccc23)cn1. The lowest BCUT2D eigenvalue weighted by Crippen LogP contribution is -2.31. The molecule has 3 aliphatic rings. The van der Waals surface area contributed by atoms with Crippen LogP contribution in [0.2, 0.25) is 0 Å². The second-order valence-corrected chi connectivity index (χ2v) is 34.8. The Hall–Kier alpha value is -13.5. The molecule has 126 heavy (non-hydrogen) atoms. The van der Waals surface area contributed by atoms with Crippen LogP contribution in [0.3, 0.4) is 0 Å². The molecule has 20 rings (SSSR count). The minimum atomic E-state index is -0.400. The van der Waals surface area contributed by atoms with Crippen LogP contribution >= 0.6 is 34.0 Å². The van der Waals surface area contributed by atoms with Crippen LogP contribution in [0.5, 0.6) is 0 Å². The maximum absolute atomic E-state index is 14.3. The van der Waals surface area contributed by atoms with Gasteiger partial charge in [-0.05, 0) is 184 Å². The first-order valence-electron chi connectivity index (χ1n) is 42.1. The number of benzene rings is 5. The molecule has 3 aliphatic heterocycles. The van der Waals surface area contributed by atoms with E-state index in [-0.39, 0.29) is 37.4 Å². The summed E-state index contributed by atoms with van der Waals surface area (Å²) in [5.41, 5.74) is 12.2. The zero-order valence-corrected chi connectivity index (χ0v) is 73.4. The molecule has 638 valence electrons. The van der Waals surface area contributed by atoms with E-state index in [0.29, 0.717) is 71.4 Å². The monoisotopic (exact) mass is 1740 g/mol. The zero-order valence-electron chi connectivity index (χ0n) is 70.9. The van der Waals surface area contributed by atoms with Gasteiger partial charge in [0.2, 0.25) is 0 Å². The molecular weight excluding hydrogens is 1640 g/mol. The molecule has 3 amide bonds. The number of hydrogen-bond donors (Lipinski definition) is 3. The molecule has 5 aromatic carbocycles. The highest BCUT2D eigenvalue weighted by atomic mass is 32.1. The van der Waals surface area contributed by atoms with Crippen molar-refractivity contribution in [3.63, 3.8) is 0 Å². The van der Waals surface area contributed by atoms with E-state index in [4.69, 9.17) is 29.8 Å². The van der Waals surface area contributed by atoms with Gasteiger partial charge in [0.15, 0.2) is 0 Å². The van der Waals surface area contributed by atoms with E-state index < -0.39 is 5.82 Å². The number of likely N-dealkylation sites (N-methyl/N-ethyl adjacent to an activating group) is 3. The number of rotatable bonds is 15. The van der Waals surface area contributed by atoms with Gasteiger partial charge in [0.1, 0.15) is 83.9 Å². The Bertz CT molecular complexity index is 7200. The van der Waals surface area contributed by atoms with Crippen LogP contribution < -0.4 is 46.7 Å². The minimum absolute atomic E-state index is 0.196. The average molecular weight is 1740 g/mol. The van der Waals surface area contributed by atoms with Crippen molar-refractivity contribution in [2.24, 2.45) is 15.1 Å². The number of carbonyl (C=O) groups excluding carboxylic acids is 3. The number of anilines is 3. The second kappa shape index (κ2) is 37.1. The standard InChI is InChI=1S/C33H31FN8OS.C33H32N8OS.C28H30N8O2S/c1-21-18-36-24(19-35-21)20-37-32(43)29-30(38-23-8-5-7-22(34)17-23)25-11-12-28(41-14-6-13-40(2)15-16-41)39-31(25)42-26-9-3-4-10-27(26)44-33(29)42;1-22-19-35-24(20-34-22)21-36-32(42)29-30(37-23-9-4-3-5-10-23)25-13-14-28(40-16-8-15-39(2)17-18-40)38-31(25)41-26-11-6-7-12-27(26)43-33(29)41;1-18-15-30-19(16-29-18)17-31-27(37)24-25(33-38-3)20-9-10-23(35-12-6-11-34(2)13-14-35)32-26(20)36-21-7-4-5-8-22(21)39-28(24)36/h3-5,7-12,17-19H,6,13-16,20H2,1-2H3,(H,37,43);3-7,9-14,19-20H,8,15-18,21H2,1-2H3,(H,36,42);4-5,7-10,15-16H,6,11-14,17H2,1-3H3,(H,31,37)/b;;33-25+. The van der Waals surface area contributed by atoms with Crippen molar-refractivity contribution >= 4 is 159 Å². The Morgan fingerprint density at radius 1 is 0.389 bits per heavy atom. The van der Waals surface area contributed by atoms with Crippen LogP contribution in [0, 0.1) is 26.6 Å². The molecule has 0 atom stereocenters. The van der Waals surface area contributed by atoms with Gasteiger partial charge in [0.05, 0.1) is 125 Å². The van der Waals surface area contributed by atoms with Crippen LogP contribution in [0.25, 0.3) is 78.2 Å². The minimum Gasteiger partial charge on any atom is -0.399 e. The van der Waals surface area contributed by atoms with E-state index >= 15 is 0 Å². The number of nitrogens with one attached hydrogen (secondary N) is 3. The number of halogens is 1. The number of fused-ring (bicyclic) bond motifs is 15. The van der Waals surface area contributed by atoms with E-state index in [9.17, 15) is 18.8 Å². The highest BCUT2D eigenvalue weighted by Gasteiger charge is 2.29. The highest BCUT2D eigenvalue weighted by molar-refractivity contribution is 7.25. The van der Waals surface area contributed by atoms with Crippen LogP contribution in [-0.2, 0) is 24.5 Å². The number of pyridine rings is 6. The number of carbonyl (C=O) groups is 3. The molecule has 12 aromatic heterocycles. The fourth-order valence-corrected chi connectivity index (χ4v) is 19.7. The normalized spacial score (nSPS) is 15.0. The summed E-state index contributed by atoms with van der Waals surface area (Å²) in [5, 5.41) is 17.3. The fourth-order valence-electron chi connectivity index (χ4n) is 16.2. The molecule has 0 unspecified atom stereocenters. The summed E-state index contributed by atoms with van der Waals surface area (Å²) < 4.78 is 23.7.